The zero-order valence-electron chi connectivity index (χ0n) is 10.7. The molecule has 1 aliphatic rings. The number of primary amides is 1. The van der Waals surface area contributed by atoms with Crippen molar-refractivity contribution in [3.05, 3.63) is 50.5 Å². The summed E-state index contributed by atoms with van der Waals surface area (Å²) in [6.07, 6.45) is 1.22. The number of halogens is 2. The van der Waals surface area contributed by atoms with Gasteiger partial charge in [0.2, 0.25) is 0 Å². The number of aryl methyl sites for hydroxylation is 1. The van der Waals surface area contributed by atoms with Gasteiger partial charge in [0.15, 0.2) is 0 Å². The summed E-state index contributed by atoms with van der Waals surface area (Å²) in [5.74, 6) is -1.77. The number of nitrogens with zero attached hydrogens (tertiary/aromatic N) is 1. The SMILES string of the molecule is Cc1nc([C@@H]2CCc3c(F)cc(F)cc32)sc1C(N)=O. The molecule has 0 aliphatic heterocycles. The standard InChI is InChI=1S/C14H12F2N2OS/c1-6-12(13(17)19)20-14(18-6)9-3-2-8-10(9)4-7(15)5-11(8)16/h4-5,9H,2-3H2,1H3,(H2,17,19)/t9-/m1/s1. The van der Waals surface area contributed by atoms with Gasteiger partial charge in [0, 0.05) is 12.0 Å². The third-order valence-corrected chi connectivity index (χ3v) is 4.87. The number of nitrogens with two attached hydrogens (primary N) is 1. The van der Waals surface area contributed by atoms with Crippen LogP contribution < -0.4 is 5.73 Å². The molecule has 1 aromatic heterocycles. The van der Waals surface area contributed by atoms with Crippen LogP contribution in [-0.4, -0.2) is 10.9 Å². The molecule has 0 radical (unpaired) electrons. The minimum absolute atomic E-state index is 0.160. The van der Waals surface area contributed by atoms with Crippen molar-refractivity contribution in [2.24, 2.45) is 5.73 Å². The monoisotopic (exact) mass is 294 g/mol. The lowest BCUT2D eigenvalue weighted by molar-refractivity contribution is 0.100. The smallest absolute Gasteiger partial charge is 0.260 e. The Labute approximate surface area is 118 Å². The first-order valence-corrected chi connectivity index (χ1v) is 7.04. The van der Waals surface area contributed by atoms with Gasteiger partial charge < -0.3 is 5.73 Å². The molecule has 3 nitrogen and oxygen atoms in total. The Bertz CT molecular complexity index is 711. The summed E-state index contributed by atoms with van der Waals surface area (Å²) in [7, 11) is 0. The van der Waals surface area contributed by atoms with Gasteiger partial charge in [-0.25, -0.2) is 13.8 Å². The first kappa shape index (κ1) is 13.2. The zero-order valence-corrected chi connectivity index (χ0v) is 11.6. The fourth-order valence-corrected chi connectivity index (χ4v) is 3.77. The number of aromatic nitrogens is 1. The summed E-state index contributed by atoms with van der Waals surface area (Å²) >= 11 is 1.21. The van der Waals surface area contributed by atoms with Crippen molar-refractivity contribution < 1.29 is 13.6 Å². The van der Waals surface area contributed by atoms with E-state index in [1.54, 1.807) is 6.92 Å². The van der Waals surface area contributed by atoms with E-state index in [1.807, 2.05) is 0 Å². The van der Waals surface area contributed by atoms with Gasteiger partial charge in [-0.05, 0) is 37.0 Å². The highest BCUT2D eigenvalue weighted by molar-refractivity contribution is 7.13. The molecule has 1 amide bonds. The van der Waals surface area contributed by atoms with E-state index < -0.39 is 17.5 Å². The van der Waals surface area contributed by atoms with Gasteiger partial charge >= 0.3 is 0 Å². The van der Waals surface area contributed by atoms with Gasteiger partial charge in [0.05, 0.1) is 5.69 Å². The summed E-state index contributed by atoms with van der Waals surface area (Å²) < 4.78 is 27.1. The highest BCUT2D eigenvalue weighted by Gasteiger charge is 2.30. The number of carbonyl (C=O) groups excluding carboxylic acids is 1. The Morgan fingerprint density at radius 2 is 2.20 bits per heavy atom. The molecule has 3 rings (SSSR count). The average molecular weight is 294 g/mol. The highest BCUT2D eigenvalue weighted by atomic mass is 32.1. The Hall–Kier alpha value is -1.82. The molecule has 1 heterocycles. The van der Waals surface area contributed by atoms with Crippen LogP contribution in [0.4, 0.5) is 8.78 Å². The van der Waals surface area contributed by atoms with Gasteiger partial charge in [0.25, 0.3) is 5.91 Å². The van der Waals surface area contributed by atoms with E-state index in [0.717, 1.165) is 6.07 Å². The highest BCUT2D eigenvalue weighted by Crippen LogP contribution is 2.41. The molecule has 1 aliphatic carbocycles. The molecule has 20 heavy (non-hydrogen) atoms. The van der Waals surface area contributed by atoms with Gasteiger partial charge in [-0.3, -0.25) is 4.79 Å². The second-order valence-corrected chi connectivity index (χ2v) is 5.91. The maximum absolute atomic E-state index is 13.7. The second-order valence-electron chi connectivity index (χ2n) is 4.88. The molecule has 104 valence electrons. The first-order valence-electron chi connectivity index (χ1n) is 6.22. The third kappa shape index (κ3) is 2.00. The van der Waals surface area contributed by atoms with Crippen molar-refractivity contribution in [2.75, 3.05) is 0 Å². The van der Waals surface area contributed by atoms with Crippen LogP contribution in [0.1, 0.15) is 43.8 Å². The lowest BCUT2D eigenvalue weighted by Gasteiger charge is -2.08. The lowest BCUT2D eigenvalue weighted by atomic mass is 10.0. The van der Waals surface area contributed by atoms with E-state index in [-0.39, 0.29) is 5.92 Å². The molecule has 0 saturated carbocycles. The van der Waals surface area contributed by atoms with Crippen molar-refractivity contribution in [1.82, 2.24) is 4.98 Å². The Morgan fingerprint density at radius 1 is 1.45 bits per heavy atom. The number of hydrogen-bond donors (Lipinski definition) is 1. The van der Waals surface area contributed by atoms with Crippen LogP contribution in [0.5, 0.6) is 0 Å². The molecule has 1 aromatic carbocycles. The van der Waals surface area contributed by atoms with Gasteiger partial charge in [-0.2, -0.15) is 0 Å². The van der Waals surface area contributed by atoms with Crippen molar-refractivity contribution in [3.8, 4) is 0 Å². The first-order chi connectivity index (χ1) is 9.47. The Balaban J connectivity index is 2.07. The normalized spacial score (nSPS) is 17.2. The van der Waals surface area contributed by atoms with Crippen molar-refractivity contribution in [3.63, 3.8) is 0 Å². The minimum Gasteiger partial charge on any atom is -0.365 e. The van der Waals surface area contributed by atoms with Gasteiger partial charge in [-0.15, -0.1) is 11.3 Å². The molecule has 1 atom stereocenters. The molecule has 0 fully saturated rings. The summed E-state index contributed by atoms with van der Waals surface area (Å²) in [6, 6.07) is 2.26. The summed E-state index contributed by atoms with van der Waals surface area (Å²) in [5.41, 5.74) is 7.03. The predicted octanol–water partition coefficient (Wildman–Crippen LogP) is 2.91. The molecular weight excluding hydrogens is 282 g/mol. The van der Waals surface area contributed by atoms with E-state index in [4.69, 9.17) is 5.73 Å². The molecular formula is C14H12F2N2OS. The van der Waals surface area contributed by atoms with Crippen molar-refractivity contribution in [2.45, 2.75) is 25.7 Å². The maximum Gasteiger partial charge on any atom is 0.260 e. The summed E-state index contributed by atoms with van der Waals surface area (Å²) in [6.45, 7) is 1.71. The van der Waals surface area contributed by atoms with Crippen LogP contribution in [0.2, 0.25) is 0 Å². The van der Waals surface area contributed by atoms with Crippen molar-refractivity contribution >= 4 is 17.2 Å². The molecule has 6 heteroatoms. The second kappa shape index (κ2) is 4.63. The molecule has 2 aromatic rings. The summed E-state index contributed by atoms with van der Waals surface area (Å²) in [5, 5.41) is 0.694. The molecule has 0 bridgehead atoms. The minimum atomic E-state index is -0.587. The van der Waals surface area contributed by atoms with E-state index in [2.05, 4.69) is 4.98 Å². The average Bonchev–Trinajstić information content (AvgIpc) is 2.92. The van der Waals surface area contributed by atoms with E-state index in [0.29, 0.717) is 39.5 Å². The Morgan fingerprint density at radius 3 is 2.85 bits per heavy atom. The van der Waals surface area contributed by atoms with Gasteiger partial charge in [0.1, 0.15) is 21.5 Å². The summed E-state index contributed by atoms with van der Waals surface area (Å²) in [4.78, 5) is 16.0. The van der Waals surface area contributed by atoms with Crippen molar-refractivity contribution in [1.29, 1.82) is 0 Å². The predicted molar refractivity (Wildman–Crippen MR) is 71.9 cm³/mol. The van der Waals surface area contributed by atoms with E-state index >= 15 is 0 Å². The fourth-order valence-electron chi connectivity index (χ4n) is 2.69. The zero-order chi connectivity index (χ0) is 14.4. The Kier molecular flexibility index (Phi) is 3.05. The number of benzene rings is 1. The topological polar surface area (TPSA) is 56.0 Å². The molecule has 0 saturated heterocycles. The number of hydrogen-bond acceptors (Lipinski definition) is 3. The quantitative estimate of drug-likeness (QED) is 0.926. The largest absolute Gasteiger partial charge is 0.365 e. The van der Waals surface area contributed by atoms with E-state index in [9.17, 15) is 13.6 Å². The van der Waals surface area contributed by atoms with Crippen LogP contribution in [0.15, 0.2) is 12.1 Å². The van der Waals surface area contributed by atoms with Gasteiger partial charge in [-0.1, -0.05) is 0 Å². The molecule has 0 unspecified atom stereocenters. The number of amides is 1. The molecule has 2 N–H and O–H groups in total. The third-order valence-electron chi connectivity index (χ3n) is 3.59. The number of carbonyl (C=O) groups is 1. The maximum atomic E-state index is 13.7. The van der Waals surface area contributed by atoms with Crippen LogP contribution in [0.3, 0.4) is 0 Å². The molecule has 0 spiro atoms. The van der Waals surface area contributed by atoms with E-state index in [1.165, 1.54) is 17.4 Å². The number of thiazole rings is 1. The fraction of sp³-hybridized carbons (Fsp3) is 0.286. The number of rotatable bonds is 2. The number of fused-ring (bicyclic) bond motifs is 1. The lowest BCUT2D eigenvalue weighted by Crippen LogP contribution is -2.10. The van der Waals surface area contributed by atoms with Crippen LogP contribution in [-0.2, 0) is 6.42 Å². The van der Waals surface area contributed by atoms with Crippen LogP contribution in [0.25, 0.3) is 0 Å². The van der Waals surface area contributed by atoms with Crippen LogP contribution in [0, 0.1) is 18.6 Å². The van der Waals surface area contributed by atoms with Crippen LogP contribution >= 0.6 is 11.3 Å².